The molecule has 1 aliphatic heterocycles. The highest BCUT2D eigenvalue weighted by atomic mass is 16.2. The second-order valence-corrected chi connectivity index (χ2v) is 7.13. The van der Waals surface area contributed by atoms with E-state index in [9.17, 15) is 9.59 Å². The number of para-hydroxylation sites is 1. The Balaban J connectivity index is 1.68. The molecule has 0 radical (unpaired) electrons. The van der Waals surface area contributed by atoms with Crippen molar-refractivity contribution < 1.29 is 9.59 Å². The minimum Gasteiger partial charge on any atom is -0.324 e. The first kappa shape index (κ1) is 18.0. The van der Waals surface area contributed by atoms with E-state index in [1.165, 1.54) is 0 Å². The molecule has 0 aliphatic carbocycles. The summed E-state index contributed by atoms with van der Waals surface area (Å²) in [6, 6.07) is 22.1. The lowest BCUT2D eigenvalue weighted by atomic mass is 10.1. The van der Waals surface area contributed by atoms with Crippen LogP contribution in [0.3, 0.4) is 0 Å². The highest BCUT2D eigenvalue weighted by Crippen LogP contribution is 2.34. The predicted octanol–water partition coefficient (Wildman–Crippen LogP) is 4.51. The average Bonchev–Trinajstić information content (AvgIpc) is 3.11. The summed E-state index contributed by atoms with van der Waals surface area (Å²) in [7, 11) is 0. The van der Waals surface area contributed by atoms with Crippen LogP contribution in [0, 0.1) is 13.8 Å². The Kier molecular flexibility index (Phi) is 4.70. The standard InChI is InChI=1S/C24H22N2O2/c1-16-9-8-13-20(17(16)2)25-23(27)22-15-19-12-6-7-14-21(19)26(22)24(28)18-10-4-3-5-11-18/h3-14,22H,15H2,1-2H3,(H,25,27). The molecular weight excluding hydrogens is 348 g/mol. The van der Waals surface area contributed by atoms with Gasteiger partial charge in [-0.05, 0) is 54.8 Å². The van der Waals surface area contributed by atoms with Crippen LogP contribution in [0.4, 0.5) is 11.4 Å². The third-order valence-corrected chi connectivity index (χ3v) is 5.38. The van der Waals surface area contributed by atoms with Crippen molar-refractivity contribution in [3.8, 4) is 0 Å². The van der Waals surface area contributed by atoms with Crippen molar-refractivity contribution in [3.63, 3.8) is 0 Å². The number of aryl methyl sites for hydroxylation is 1. The van der Waals surface area contributed by atoms with E-state index in [4.69, 9.17) is 0 Å². The molecule has 3 aromatic carbocycles. The number of rotatable bonds is 3. The summed E-state index contributed by atoms with van der Waals surface area (Å²) < 4.78 is 0. The van der Waals surface area contributed by atoms with E-state index in [-0.39, 0.29) is 11.8 Å². The average molecular weight is 370 g/mol. The number of fused-ring (bicyclic) bond motifs is 1. The van der Waals surface area contributed by atoms with Crippen molar-refractivity contribution in [1.29, 1.82) is 0 Å². The van der Waals surface area contributed by atoms with Gasteiger partial charge in [0.25, 0.3) is 5.91 Å². The number of benzene rings is 3. The van der Waals surface area contributed by atoms with Crippen molar-refractivity contribution in [2.45, 2.75) is 26.3 Å². The molecule has 4 rings (SSSR count). The number of hydrogen-bond acceptors (Lipinski definition) is 2. The van der Waals surface area contributed by atoms with Crippen LogP contribution in [0.15, 0.2) is 72.8 Å². The van der Waals surface area contributed by atoms with Crippen LogP contribution in [-0.2, 0) is 11.2 Å². The summed E-state index contributed by atoms with van der Waals surface area (Å²) in [6.45, 7) is 4.00. The molecule has 1 N–H and O–H groups in total. The first-order chi connectivity index (χ1) is 13.6. The molecule has 0 saturated heterocycles. The number of hydrogen-bond donors (Lipinski definition) is 1. The summed E-state index contributed by atoms with van der Waals surface area (Å²) in [6.07, 6.45) is 0.505. The van der Waals surface area contributed by atoms with Gasteiger partial charge in [-0.2, -0.15) is 0 Å². The van der Waals surface area contributed by atoms with Gasteiger partial charge in [0.2, 0.25) is 5.91 Å². The number of anilines is 2. The Morgan fingerprint density at radius 2 is 1.61 bits per heavy atom. The highest BCUT2D eigenvalue weighted by molar-refractivity contribution is 6.13. The van der Waals surface area contributed by atoms with E-state index in [1.54, 1.807) is 17.0 Å². The Hall–Kier alpha value is -3.40. The van der Waals surface area contributed by atoms with Crippen molar-refractivity contribution in [3.05, 3.63) is 95.1 Å². The SMILES string of the molecule is Cc1cccc(NC(=O)C2Cc3ccccc3N2C(=O)c2ccccc2)c1C. The Morgan fingerprint density at radius 3 is 2.39 bits per heavy atom. The molecule has 1 unspecified atom stereocenters. The molecule has 0 aromatic heterocycles. The van der Waals surface area contributed by atoms with Crippen molar-refractivity contribution in [1.82, 2.24) is 0 Å². The van der Waals surface area contributed by atoms with Gasteiger partial charge in [0.05, 0.1) is 0 Å². The highest BCUT2D eigenvalue weighted by Gasteiger charge is 2.38. The molecule has 4 nitrogen and oxygen atoms in total. The Bertz CT molecular complexity index is 1040. The first-order valence-electron chi connectivity index (χ1n) is 9.40. The molecule has 1 atom stereocenters. The third kappa shape index (κ3) is 3.18. The normalized spacial score (nSPS) is 15.2. The smallest absolute Gasteiger partial charge is 0.259 e. The molecule has 4 heteroatoms. The zero-order valence-electron chi connectivity index (χ0n) is 16.0. The van der Waals surface area contributed by atoms with Crippen LogP contribution in [0.1, 0.15) is 27.0 Å². The molecular formula is C24H22N2O2. The number of nitrogens with zero attached hydrogens (tertiary/aromatic N) is 1. The molecule has 0 spiro atoms. The zero-order chi connectivity index (χ0) is 19.7. The molecule has 3 aromatic rings. The fraction of sp³-hybridized carbons (Fsp3) is 0.167. The van der Waals surface area contributed by atoms with Crippen LogP contribution >= 0.6 is 0 Å². The summed E-state index contributed by atoms with van der Waals surface area (Å²) >= 11 is 0. The molecule has 1 aliphatic rings. The second-order valence-electron chi connectivity index (χ2n) is 7.13. The van der Waals surface area contributed by atoms with Crippen molar-refractivity contribution >= 4 is 23.2 Å². The maximum absolute atomic E-state index is 13.2. The first-order valence-corrected chi connectivity index (χ1v) is 9.40. The van der Waals surface area contributed by atoms with Crippen LogP contribution < -0.4 is 10.2 Å². The second kappa shape index (κ2) is 7.31. The van der Waals surface area contributed by atoms with E-state index in [0.717, 1.165) is 28.1 Å². The van der Waals surface area contributed by atoms with Gasteiger partial charge in [0, 0.05) is 23.4 Å². The topological polar surface area (TPSA) is 49.4 Å². The third-order valence-electron chi connectivity index (χ3n) is 5.38. The zero-order valence-corrected chi connectivity index (χ0v) is 16.0. The van der Waals surface area contributed by atoms with Gasteiger partial charge in [-0.25, -0.2) is 0 Å². The quantitative estimate of drug-likeness (QED) is 0.737. The van der Waals surface area contributed by atoms with E-state index in [2.05, 4.69) is 5.32 Å². The molecule has 28 heavy (non-hydrogen) atoms. The molecule has 2 amide bonds. The van der Waals surface area contributed by atoms with Gasteiger partial charge < -0.3 is 5.32 Å². The van der Waals surface area contributed by atoms with Gasteiger partial charge in [0.1, 0.15) is 6.04 Å². The molecule has 140 valence electrons. The van der Waals surface area contributed by atoms with Crippen LogP contribution in [0.5, 0.6) is 0 Å². The minimum absolute atomic E-state index is 0.160. The van der Waals surface area contributed by atoms with Crippen LogP contribution in [0.2, 0.25) is 0 Å². The monoisotopic (exact) mass is 370 g/mol. The molecule has 0 saturated carbocycles. The molecule has 0 fully saturated rings. The maximum Gasteiger partial charge on any atom is 0.259 e. The summed E-state index contributed by atoms with van der Waals surface area (Å²) in [4.78, 5) is 28.1. The number of carbonyl (C=O) groups excluding carboxylic acids is 2. The lowest BCUT2D eigenvalue weighted by Crippen LogP contribution is -2.45. The van der Waals surface area contributed by atoms with Crippen molar-refractivity contribution in [2.24, 2.45) is 0 Å². The van der Waals surface area contributed by atoms with Gasteiger partial charge in [-0.15, -0.1) is 0 Å². The van der Waals surface area contributed by atoms with Gasteiger partial charge in [-0.3, -0.25) is 14.5 Å². The number of amides is 2. The molecule has 1 heterocycles. The fourth-order valence-corrected chi connectivity index (χ4v) is 3.67. The number of nitrogens with one attached hydrogen (secondary N) is 1. The van der Waals surface area contributed by atoms with E-state index >= 15 is 0 Å². The summed E-state index contributed by atoms with van der Waals surface area (Å²) in [5, 5.41) is 3.03. The predicted molar refractivity (Wildman–Crippen MR) is 112 cm³/mol. The van der Waals surface area contributed by atoms with Crippen molar-refractivity contribution in [2.75, 3.05) is 10.2 Å². The largest absolute Gasteiger partial charge is 0.324 e. The molecule has 0 bridgehead atoms. The van der Waals surface area contributed by atoms with Gasteiger partial charge >= 0.3 is 0 Å². The lowest BCUT2D eigenvalue weighted by molar-refractivity contribution is -0.117. The van der Waals surface area contributed by atoms with Crippen LogP contribution in [0.25, 0.3) is 0 Å². The summed E-state index contributed by atoms with van der Waals surface area (Å²) in [5.41, 5.74) is 5.32. The van der Waals surface area contributed by atoms with E-state index < -0.39 is 6.04 Å². The van der Waals surface area contributed by atoms with Gasteiger partial charge in [-0.1, -0.05) is 48.5 Å². The number of carbonyl (C=O) groups is 2. The van der Waals surface area contributed by atoms with E-state index in [1.807, 2.05) is 74.5 Å². The van der Waals surface area contributed by atoms with Crippen LogP contribution in [-0.4, -0.2) is 17.9 Å². The van der Waals surface area contributed by atoms with E-state index in [0.29, 0.717) is 12.0 Å². The lowest BCUT2D eigenvalue weighted by Gasteiger charge is -2.25. The summed E-state index contributed by atoms with van der Waals surface area (Å²) in [5.74, 6) is -0.333. The fourth-order valence-electron chi connectivity index (χ4n) is 3.67. The maximum atomic E-state index is 13.2. The minimum atomic E-state index is -0.579. The Labute approximate surface area is 164 Å². The Morgan fingerprint density at radius 1 is 0.893 bits per heavy atom. The van der Waals surface area contributed by atoms with Gasteiger partial charge in [0.15, 0.2) is 0 Å².